The lowest BCUT2D eigenvalue weighted by molar-refractivity contribution is 0.0925. The summed E-state index contributed by atoms with van der Waals surface area (Å²) in [6, 6.07) is 9.67. The smallest absolute Gasteiger partial charge is 0.253 e. The Kier molecular flexibility index (Phi) is 5.34. The van der Waals surface area contributed by atoms with Gasteiger partial charge in [-0.25, -0.2) is 0 Å². The predicted molar refractivity (Wildman–Crippen MR) is 104 cm³/mol. The number of aromatic nitrogens is 3. The van der Waals surface area contributed by atoms with E-state index in [2.05, 4.69) is 31.2 Å². The molecule has 6 heteroatoms. The lowest BCUT2D eigenvalue weighted by Gasteiger charge is -2.34. The Labute approximate surface area is 158 Å². The monoisotopic (exact) mass is 361 g/mol. The molecule has 2 aromatic heterocycles. The van der Waals surface area contributed by atoms with Crippen molar-refractivity contribution >= 4 is 16.9 Å². The van der Waals surface area contributed by atoms with Crippen LogP contribution in [0.15, 0.2) is 55.1 Å². The number of nitrogens with zero attached hydrogens (tertiary/aromatic N) is 4. The number of carbonyl (C=O) groups excluding carboxylic acids is 1. The number of carbonyl (C=O) groups is 1. The molecule has 27 heavy (non-hydrogen) atoms. The molecule has 0 aliphatic carbocycles. The number of para-hydroxylation sites is 1. The molecule has 138 valence electrons. The van der Waals surface area contributed by atoms with E-state index in [0.29, 0.717) is 17.6 Å². The molecule has 0 bridgehead atoms. The summed E-state index contributed by atoms with van der Waals surface area (Å²) in [4.78, 5) is 28.2. The van der Waals surface area contributed by atoms with Crippen LogP contribution < -0.4 is 5.32 Å². The summed E-state index contributed by atoms with van der Waals surface area (Å²) in [7, 11) is 0. The van der Waals surface area contributed by atoms with Gasteiger partial charge in [-0.3, -0.25) is 24.6 Å². The molecule has 1 aliphatic heterocycles. The summed E-state index contributed by atoms with van der Waals surface area (Å²) in [5, 5.41) is 3.11. The molecule has 0 spiro atoms. The highest BCUT2D eigenvalue weighted by atomic mass is 16.1. The van der Waals surface area contributed by atoms with E-state index in [-0.39, 0.29) is 11.9 Å². The summed E-state index contributed by atoms with van der Waals surface area (Å²) in [6.07, 6.45) is 10.6. The first kappa shape index (κ1) is 17.5. The fraction of sp³-hybridized carbons (Fsp3) is 0.333. The van der Waals surface area contributed by atoms with Crippen molar-refractivity contribution in [3.05, 3.63) is 66.2 Å². The number of hydrogen-bond donors (Lipinski definition) is 1. The SMILES string of the molecule is O=C(NCC(c1cccnc1)N1CCCCC1)c1cccc2nccnc12. The van der Waals surface area contributed by atoms with Gasteiger partial charge in [-0.2, -0.15) is 0 Å². The number of rotatable bonds is 5. The van der Waals surface area contributed by atoms with Gasteiger partial charge in [0.25, 0.3) is 5.91 Å². The fourth-order valence-corrected chi connectivity index (χ4v) is 3.72. The normalized spacial score (nSPS) is 16.1. The lowest BCUT2D eigenvalue weighted by Crippen LogP contribution is -2.40. The second-order valence-corrected chi connectivity index (χ2v) is 6.84. The van der Waals surface area contributed by atoms with Gasteiger partial charge in [0.1, 0.15) is 5.52 Å². The average molecular weight is 361 g/mol. The number of benzene rings is 1. The maximum absolute atomic E-state index is 12.9. The third-order valence-corrected chi connectivity index (χ3v) is 5.10. The zero-order chi connectivity index (χ0) is 18.5. The van der Waals surface area contributed by atoms with E-state index in [1.54, 1.807) is 24.7 Å². The number of fused-ring (bicyclic) bond motifs is 1. The summed E-state index contributed by atoms with van der Waals surface area (Å²) < 4.78 is 0. The Morgan fingerprint density at radius 1 is 1.04 bits per heavy atom. The standard InChI is InChI=1S/C21H23N5O/c27-21(17-7-4-8-18-20(17)24-11-10-23-18)25-15-19(16-6-5-9-22-14-16)26-12-2-1-3-13-26/h4-11,14,19H,1-3,12-13,15H2,(H,25,27). The highest BCUT2D eigenvalue weighted by Gasteiger charge is 2.23. The first-order chi connectivity index (χ1) is 13.3. The Morgan fingerprint density at radius 3 is 2.70 bits per heavy atom. The second kappa shape index (κ2) is 8.22. The molecule has 4 rings (SSSR count). The number of pyridine rings is 1. The molecule has 1 atom stereocenters. The highest BCUT2D eigenvalue weighted by Crippen LogP contribution is 2.24. The number of nitrogens with one attached hydrogen (secondary N) is 1. The summed E-state index contributed by atoms with van der Waals surface area (Å²) >= 11 is 0. The molecule has 1 amide bonds. The van der Waals surface area contributed by atoms with Gasteiger partial charge in [0.2, 0.25) is 0 Å². The highest BCUT2D eigenvalue weighted by molar-refractivity contribution is 6.04. The van der Waals surface area contributed by atoms with Gasteiger partial charge >= 0.3 is 0 Å². The minimum Gasteiger partial charge on any atom is -0.350 e. The summed E-state index contributed by atoms with van der Waals surface area (Å²) in [5.41, 5.74) is 3.06. The molecule has 3 heterocycles. The van der Waals surface area contributed by atoms with Crippen molar-refractivity contribution < 1.29 is 4.79 Å². The molecule has 6 nitrogen and oxygen atoms in total. The van der Waals surface area contributed by atoms with Gasteiger partial charge in [0, 0.05) is 31.3 Å². The Hall–Kier alpha value is -2.86. The zero-order valence-electron chi connectivity index (χ0n) is 15.2. The number of hydrogen-bond acceptors (Lipinski definition) is 5. The molecule has 1 saturated heterocycles. The topological polar surface area (TPSA) is 71.0 Å². The van der Waals surface area contributed by atoms with Crippen molar-refractivity contribution in [2.45, 2.75) is 25.3 Å². The number of likely N-dealkylation sites (tertiary alicyclic amines) is 1. The molecule has 3 aromatic rings. The molecule has 1 aliphatic rings. The molecule has 0 saturated carbocycles. The van der Waals surface area contributed by atoms with E-state index >= 15 is 0 Å². The van der Waals surface area contributed by atoms with E-state index in [4.69, 9.17) is 0 Å². The largest absolute Gasteiger partial charge is 0.350 e. The van der Waals surface area contributed by atoms with Crippen molar-refractivity contribution in [1.29, 1.82) is 0 Å². The first-order valence-corrected chi connectivity index (χ1v) is 9.45. The van der Waals surface area contributed by atoms with Crippen LogP contribution in [0.1, 0.15) is 41.2 Å². The zero-order valence-corrected chi connectivity index (χ0v) is 15.2. The van der Waals surface area contributed by atoms with Gasteiger partial charge in [0.15, 0.2) is 0 Å². The van der Waals surface area contributed by atoms with E-state index < -0.39 is 0 Å². The third kappa shape index (κ3) is 3.95. The van der Waals surface area contributed by atoms with Gasteiger partial charge in [-0.15, -0.1) is 0 Å². The lowest BCUT2D eigenvalue weighted by atomic mass is 10.0. The van der Waals surface area contributed by atoms with Crippen LogP contribution in [0, 0.1) is 0 Å². The van der Waals surface area contributed by atoms with Crippen molar-refractivity contribution in [2.24, 2.45) is 0 Å². The van der Waals surface area contributed by atoms with Crippen molar-refractivity contribution in [3.63, 3.8) is 0 Å². The van der Waals surface area contributed by atoms with Gasteiger partial charge in [-0.05, 0) is 49.7 Å². The predicted octanol–water partition coefficient (Wildman–Crippen LogP) is 2.98. The summed E-state index contributed by atoms with van der Waals surface area (Å²) in [5.74, 6) is -0.119. The second-order valence-electron chi connectivity index (χ2n) is 6.84. The first-order valence-electron chi connectivity index (χ1n) is 9.45. The molecular formula is C21H23N5O. The Bertz CT molecular complexity index is 903. The maximum Gasteiger partial charge on any atom is 0.253 e. The molecule has 1 aromatic carbocycles. The van der Waals surface area contributed by atoms with E-state index in [1.807, 2.05) is 24.4 Å². The van der Waals surface area contributed by atoms with Crippen LogP contribution in [0.2, 0.25) is 0 Å². The number of piperidine rings is 1. The minimum absolute atomic E-state index is 0.119. The van der Waals surface area contributed by atoms with Crippen molar-refractivity contribution in [2.75, 3.05) is 19.6 Å². The quantitative estimate of drug-likeness (QED) is 0.756. The maximum atomic E-state index is 12.9. The van der Waals surface area contributed by atoms with Crippen LogP contribution in [0.3, 0.4) is 0 Å². The van der Waals surface area contributed by atoms with Crippen LogP contribution in [0.4, 0.5) is 0 Å². The van der Waals surface area contributed by atoms with Gasteiger partial charge < -0.3 is 5.32 Å². The Balaban J connectivity index is 1.54. The van der Waals surface area contributed by atoms with Crippen LogP contribution >= 0.6 is 0 Å². The van der Waals surface area contributed by atoms with Gasteiger partial charge in [-0.1, -0.05) is 18.6 Å². The van der Waals surface area contributed by atoms with E-state index in [9.17, 15) is 4.79 Å². The third-order valence-electron chi connectivity index (χ3n) is 5.10. The fourth-order valence-electron chi connectivity index (χ4n) is 3.72. The molecule has 1 N–H and O–H groups in total. The molecule has 1 fully saturated rings. The minimum atomic E-state index is -0.119. The molecular weight excluding hydrogens is 338 g/mol. The number of amides is 1. The average Bonchev–Trinajstić information content (AvgIpc) is 2.75. The van der Waals surface area contributed by atoms with E-state index in [0.717, 1.165) is 24.2 Å². The van der Waals surface area contributed by atoms with E-state index in [1.165, 1.54) is 19.3 Å². The van der Waals surface area contributed by atoms with Crippen molar-refractivity contribution in [3.8, 4) is 0 Å². The summed E-state index contributed by atoms with van der Waals surface area (Å²) in [6.45, 7) is 2.64. The molecule has 1 unspecified atom stereocenters. The Morgan fingerprint density at radius 2 is 1.89 bits per heavy atom. The van der Waals surface area contributed by atoms with Crippen molar-refractivity contribution in [1.82, 2.24) is 25.2 Å². The van der Waals surface area contributed by atoms with Crippen LogP contribution in [0.25, 0.3) is 11.0 Å². The van der Waals surface area contributed by atoms with Crippen LogP contribution in [0.5, 0.6) is 0 Å². The van der Waals surface area contributed by atoms with Gasteiger partial charge in [0.05, 0.1) is 17.1 Å². The molecule has 0 radical (unpaired) electrons. The van der Waals surface area contributed by atoms with Crippen LogP contribution in [-0.2, 0) is 0 Å². The van der Waals surface area contributed by atoms with Crippen LogP contribution in [-0.4, -0.2) is 45.4 Å².